The molecule has 0 fully saturated rings. The lowest BCUT2D eigenvalue weighted by Gasteiger charge is -2.28. The van der Waals surface area contributed by atoms with Crippen molar-refractivity contribution in [1.29, 1.82) is 0 Å². The first-order valence-corrected chi connectivity index (χ1v) is 7.61. The predicted molar refractivity (Wildman–Crippen MR) is 81.8 cm³/mol. The van der Waals surface area contributed by atoms with E-state index < -0.39 is 0 Å². The van der Waals surface area contributed by atoms with Gasteiger partial charge in [-0.05, 0) is 19.8 Å². The Morgan fingerprint density at radius 1 is 1.53 bits per heavy atom. The third-order valence-corrected chi connectivity index (χ3v) is 4.27. The van der Waals surface area contributed by atoms with Gasteiger partial charge in [-0.2, -0.15) is 0 Å². The number of rotatable bonds is 7. The van der Waals surface area contributed by atoms with Crippen molar-refractivity contribution in [1.82, 2.24) is 9.88 Å². The van der Waals surface area contributed by atoms with Crippen molar-refractivity contribution < 1.29 is 4.79 Å². The van der Waals surface area contributed by atoms with Crippen LogP contribution in [0.5, 0.6) is 0 Å². The molecule has 1 atom stereocenters. The van der Waals surface area contributed by atoms with Crippen LogP contribution in [0.25, 0.3) is 0 Å². The van der Waals surface area contributed by atoms with Gasteiger partial charge in [0.15, 0.2) is 5.13 Å². The van der Waals surface area contributed by atoms with Crippen molar-refractivity contribution in [2.75, 3.05) is 24.6 Å². The van der Waals surface area contributed by atoms with Gasteiger partial charge in [0, 0.05) is 19.6 Å². The topological polar surface area (TPSA) is 71.2 Å². The van der Waals surface area contributed by atoms with Crippen LogP contribution in [-0.4, -0.2) is 35.4 Å². The molecule has 3 N–H and O–H groups in total. The molecule has 19 heavy (non-hydrogen) atoms. The van der Waals surface area contributed by atoms with Crippen LogP contribution in [0.4, 0.5) is 10.9 Å². The fourth-order valence-corrected chi connectivity index (χ4v) is 2.59. The first-order valence-electron chi connectivity index (χ1n) is 6.80. The molecule has 0 aliphatic heterocycles. The number of unbranched alkanes of at least 4 members (excludes halogenated alkanes) is 1. The molecule has 1 unspecified atom stereocenters. The summed E-state index contributed by atoms with van der Waals surface area (Å²) in [5.41, 5.74) is 5.84. The largest absolute Gasteiger partial charge is 0.382 e. The number of nitrogens with two attached hydrogens (primary N) is 1. The monoisotopic (exact) mass is 284 g/mol. The number of nitrogen functional groups attached to an aromatic ring is 1. The van der Waals surface area contributed by atoms with Gasteiger partial charge in [0.2, 0.25) is 0 Å². The van der Waals surface area contributed by atoms with Crippen LogP contribution in [0.3, 0.4) is 0 Å². The van der Waals surface area contributed by atoms with Crippen molar-refractivity contribution in [2.24, 2.45) is 0 Å². The molecular weight excluding hydrogens is 260 g/mol. The lowest BCUT2D eigenvalue weighted by atomic mass is 10.2. The van der Waals surface area contributed by atoms with E-state index in [2.05, 4.69) is 31.1 Å². The number of hydrogen-bond acceptors (Lipinski definition) is 5. The third kappa shape index (κ3) is 3.83. The normalized spacial score (nSPS) is 12.2. The number of thiazole rings is 1. The maximum atomic E-state index is 12.6. The third-order valence-electron chi connectivity index (χ3n) is 3.20. The van der Waals surface area contributed by atoms with Gasteiger partial charge in [-0.3, -0.25) is 4.79 Å². The lowest BCUT2D eigenvalue weighted by Crippen LogP contribution is -2.39. The van der Waals surface area contributed by atoms with Crippen molar-refractivity contribution in [3.8, 4) is 0 Å². The highest BCUT2D eigenvalue weighted by molar-refractivity contribution is 7.18. The Bertz CT molecular complexity index is 419. The standard InChI is InChI=1S/C13H24N4OS/c1-5-7-8-17(9(3)6-2)12(18)10-11(14)16-13(15-4)19-10/h9H,5-8,14H2,1-4H3,(H,15,16). The zero-order valence-electron chi connectivity index (χ0n) is 12.2. The van der Waals surface area contributed by atoms with E-state index in [1.165, 1.54) is 11.3 Å². The molecule has 5 nitrogen and oxygen atoms in total. The predicted octanol–water partition coefficient (Wildman–Crippen LogP) is 2.81. The second kappa shape index (κ2) is 7.33. The zero-order valence-corrected chi connectivity index (χ0v) is 13.0. The highest BCUT2D eigenvalue weighted by Crippen LogP contribution is 2.27. The quantitative estimate of drug-likeness (QED) is 0.807. The molecule has 0 spiro atoms. The molecule has 1 rings (SSSR count). The van der Waals surface area contributed by atoms with Crippen LogP contribution >= 0.6 is 11.3 Å². The van der Waals surface area contributed by atoms with E-state index in [1.54, 1.807) is 7.05 Å². The van der Waals surface area contributed by atoms with E-state index >= 15 is 0 Å². The molecule has 0 aliphatic rings. The number of amides is 1. The number of nitrogens with one attached hydrogen (secondary N) is 1. The molecule has 0 radical (unpaired) electrons. The smallest absolute Gasteiger partial charge is 0.268 e. The number of anilines is 2. The summed E-state index contributed by atoms with van der Waals surface area (Å²) >= 11 is 1.32. The average Bonchev–Trinajstić information content (AvgIpc) is 2.79. The summed E-state index contributed by atoms with van der Waals surface area (Å²) in [6.45, 7) is 7.06. The molecule has 1 amide bonds. The van der Waals surface area contributed by atoms with Crippen LogP contribution in [0.15, 0.2) is 0 Å². The number of carbonyl (C=O) groups is 1. The molecule has 1 heterocycles. The number of carbonyl (C=O) groups excluding carboxylic acids is 1. The van der Waals surface area contributed by atoms with E-state index in [1.807, 2.05) is 4.90 Å². The molecule has 1 aromatic rings. The maximum absolute atomic E-state index is 12.6. The Hall–Kier alpha value is -1.30. The number of hydrogen-bond donors (Lipinski definition) is 2. The van der Waals surface area contributed by atoms with Crippen LogP contribution in [0, 0.1) is 0 Å². The Morgan fingerprint density at radius 2 is 2.21 bits per heavy atom. The van der Waals surface area contributed by atoms with E-state index in [0.29, 0.717) is 15.8 Å². The summed E-state index contributed by atoms with van der Waals surface area (Å²) in [5, 5.41) is 3.61. The van der Waals surface area contributed by atoms with Crippen LogP contribution in [-0.2, 0) is 0 Å². The van der Waals surface area contributed by atoms with E-state index in [4.69, 9.17) is 5.73 Å². The molecule has 0 saturated heterocycles. The lowest BCUT2D eigenvalue weighted by molar-refractivity contribution is 0.0691. The molecular formula is C13H24N4OS. The minimum atomic E-state index is -0.000648. The molecule has 0 aromatic carbocycles. The van der Waals surface area contributed by atoms with Gasteiger partial charge in [-0.1, -0.05) is 31.6 Å². The summed E-state index contributed by atoms with van der Waals surface area (Å²) in [5.74, 6) is 0.323. The first-order chi connectivity index (χ1) is 9.04. The van der Waals surface area contributed by atoms with Gasteiger partial charge in [0.1, 0.15) is 10.7 Å². The summed E-state index contributed by atoms with van der Waals surface area (Å²) in [6.07, 6.45) is 3.01. The van der Waals surface area contributed by atoms with Gasteiger partial charge in [-0.15, -0.1) is 0 Å². The van der Waals surface area contributed by atoms with Crippen LogP contribution in [0.2, 0.25) is 0 Å². The molecule has 1 aromatic heterocycles. The molecule has 0 saturated carbocycles. The Balaban J connectivity index is 2.93. The Kier molecular flexibility index (Phi) is 6.08. The van der Waals surface area contributed by atoms with Gasteiger partial charge in [0.25, 0.3) is 5.91 Å². The van der Waals surface area contributed by atoms with Crippen molar-refractivity contribution in [3.05, 3.63) is 4.88 Å². The van der Waals surface area contributed by atoms with Gasteiger partial charge in [0.05, 0.1) is 0 Å². The average molecular weight is 284 g/mol. The Labute approximate surface area is 119 Å². The second-order valence-corrected chi connectivity index (χ2v) is 5.59. The molecule has 6 heteroatoms. The van der Waals surface area contributed by atoms with E-state index in [9.17, 15) is 4.79 Å². The van der Waals surface area contributed by atoms with Crippen molar-refractivity contribution in [2.45, 2.75) is 46.1 Å². The SMILES string of the molecule is CCCCN(C(=O)c1sc(NC)nc1N)C(C)CC. The zero-order chi connectivity index (χ0) is 14.4. The summed E-state index contributed by atoms with van der Waals surface area (Å²) in [4.78, 5) is 19.2. The Morgan fingerprint density at radius 3 is 2.68 bits per heavy atom. The summed E-state index contributed by atoms with van der Waals surface area (Å²) in [6, 6.07) is 0.221. The fraction of sp³-hybridized carbons (Fsp3) is 0.692. The van der Waals surface area contributed by atoms with E-state index in [-0.39, 0.29) is 11.9 Å². The van der Waals surface area contributed by atoms with Gasteiger partial charge < -0.3 is 16.0 Å². The summed E-state index contributed by atoms with van der Waals surface area (Å²) in [7, 11) is 1.77. The van der Waals surface area contributed by atoms with Crippen LogP contribution < -0.4 is 11.1 Å². The van der Waals surface area contributed by atoms with Crippen LogP contribution in [0.1, 0.15) is 49.7 Å². The van der Waals surface area contributed by atoms with Crippen molar-refractivity contribution in [3.63, 3.8) is 0 Å². The number of aromatic nitrogens is 1. The summed E-state index contributed by atoms with van der Waals surface area (Å²) < 4.78 is 0. The maximum Gasteiger partial charge on any atom is 0.268 e. The molecule has 0 bridgehead atoms. The van der Waals surface area contributed by atoms with Gasteiger partial charge in [-0.25, -0.2) is 4.98 Å². The van der Waals surface area contributed by atoms with E-state index in [0.717, 1.165) is 25.8 Å². The molecule has 108 valence electrons. The minimum Gasteiger partial charge on any atom is -0.382 e. The second-order valence-electron chi connectivity index (χ2n) is 4.59. The highest BCUT2D eigenvalue weighted by atomic mass is 32.1. The number of nitrogens with zero attached hydrogens (tertiary/aromatic N) is 2. The molecule has 0 aliphatic carbocycles. The fourth-order valence-electron chi connectivity index (χ4n) is 1.79. The van der Waals surface area contributed by atoms with Crippen molar-refractivity contribution >= 4 is 28.2 Å². The minimum absolute atomic E-state index is 0.000648. The highest BCUT2D eigenvalue weighted by Gasteiger charge is 2.24. The van der Waals surface area contributed by atoms with Gasteiger partial charge >= 0.3 is 0 Å². The first kappa shape index (κ1) is 15.8.